The van der Waals surface area contributed by atoms with E-state index in [1.54, 1.807) is 6.92 Å². The second-order valence-corrected chi connectivity index (χ2v) is 4.06. The molecule has 6 heteroatoms. The molecule has 0 fully saturated rings. The van der Waals surface area contributed by atoms with Crippen LogP contribution in [0, 0.1) is 6.92 Å². The topological polar surface area (TPSA) is 26.3 Å². The standard InChI is InChI=1S/C10H8BrF3O2/c1-5-3-9(16-10(12,13)14)8(11)4-7(5)6(2)15/h3-4H,1-2H3. The summed E-state index contributed by atoms with van der Waals surface area (Å²) in [6.07, 6.45) is -4.74. The highest BCUT2D eigenvalue weighted by atomic mass is 79.9. The Kier molecular flexibility index (Phi) is 3.62. The highest BCUT2D eigenvalue weighted by Gasteiger charge is 2.32. The molecule has 0 aliphatic carbocycles. The minimum absolute atomic E-state index is 0.0978. The van der Waals surface area contributed by atoms with Gasteiger partial charge in [0, 0.05) is 5.56 Å². The van der Waals surface area contributed by atoms with Gasteiger partial charge in [-0.05, 0) is 47.5 Å². The van der Waals surface area contributed by atoms with Crippen molar-refractivity contribution in [2.75, 3.05) is 0 Å². The van der Waals surface area contributed by atoms with Crippen LogP contribution in [-0.4, -0.2) is 12.1 Å². The molecule has 0 spiro atoms. The van der Waals surface area contributed by atoms with Gasteiger partial charge in [-0.15, -0.1) is 13.2 Å². The Hall–Kier alpha value is -1.04. The number of hydrogen-bond donors (Lipinski definition) is 0. The van der Waals surface area contributed by atoms with E-state index in [4.69, 9.17) is 0 Å². The monoisotopic (exact) mass is 296 g/mol. The summed E-state index contributed by atoms with van der Waals surface area (Å²) >= 11 is 2.93. The van der Waals surface area contributed by atoms with Crippen LogP contribution in [0.4, 0.5) is 13.2 Å². The molecule has 0 bridgehead atoms. The van der Waals surface area contributed by atoms with E-state index in [1.165, 1.54) is 19.1 Å². The maximum atomic E-state index is 12.0. The number of Topliss-reactive ketones (excluding diaryl/α,β-unsaturated/α-hetero) is 1. The van der Waals surface area contributed by atoms with Gasteiger partial charge in [0.15, 0.2) is 5.78 Å². The maximum absolute atomic E-state index is 12.0. The molecule has 0 N–H and O–H groups in total. The molecule has 0 atom stereocenters. The van der Waals surface area contributed by atoms with Crippen LogP contribution in [0.5, 0.6) is 5.75 Å². The van der Waals surface area contributed by atoms with E-state index < -0.39 is 6.36 Å². The number of carbonyl (C=O) groups is 1. The van der Waals surface area contributed by atoms with E-state index in [0.717, 1.165) is 0 Å². The SMILES string of the molecule is CC(=O)c1cc(Br)c(OC(F)(F)F)cc1C. The van der Waals surface area contributed by atoms with Crippen LogP contribution in [0.3, 0.4) is 0 Å². The van der Waals surface area contributed by atoms with E-state index in [2.05, 4.69) is 20.7 Å². The van der Waals surface area contributed by atoms with Crippen LogP contribution >= 0.6 is 15.9 Å². The molecule has 0 aliphatic heterocycles. The first-order chi connectivity index (χ1) is 7.20. The molecule has 1 aromatic carbocycles. The van der Waals surface area contributed by atoms with Gasteiger partial charge in [0.25, 0.3) is 0 Å². The zero-order chi connectivity index (χ0) is 12.5. The van der Waals surface area contributed by atoms with Crippen molar-refractivity contribution in [3.8, 4) is 5.75 Å². The third-order valence-corrected chi connectivity index (χ3v) is 2.50. The Morgan fingerprint density at radius 1 is 1.38 bits per heavy atom. The van der Waals surface area contributed by atoms with Gasteiger partial charge in [0.05, 0.1) is 4.47 Å². The molecule has 1 aromatic rings. The second-order valence-electron chi connectivity index (χ2n) is 3.20. The number of halogens is 4. The fourth-order valence-corrected chi connectivity index (χ4v) is 1.66. The highest BCUT2D eigenvalue weighted by molar-refractivity contribution is 9.10. The molecule has 0 radical (unpaired) electrons. The summed E-state index contributed by atoms with van der Waals surface area (Å²) in [6, 6.07) is 2.49. The molecule has 16 heavy (non-hydrogen) atoms. The van der Waals surface area contributed by atoms with Crippen molar-refractivity contribution in [1.82, 2.24) is 0 Å². The van der Waals surface area contributed by atoms with Gasteiger partial charge in [0.1, 0.15) is 5.75 Å². The lowest BCUT2D eigenvalue weighted by Gasteiger charge is -2.12. The van der Waals surface area contributed by atoms with Crippen molar-refractivity contribution in [1.29, 1.82) is 0 Å². The smallest absolute Gasteiger partial charge is 0.405 e. The first-order valence-corrected chi connectivity index (χ1v) is 5.07. The summed E-state index contributed by atoms with van der Waals surface area (Å²) < 4.78 is 39.9. The van der Waals surface area contributed by atoms with Crippen molar-refractivity contribution >= 4 is 21.7 Å². The van der Waals surface area contributed by atoms with Crippen LogP contribution in [0.2, 0.25) is 0 Å². The van der Waals surface area contributed by atoms with Crippen molar-refractivity contribution in [3.63, 3.8) is 0 Å². The second kappa shape index (κ2) is 4.45. The number of alkyl halides is 3. The van der Waals surface area contributed by atoms with Crippen LogP contribution < -0.4 is 4.74 Å². The van der Waals surface area contributed by atoms with Crippen molar-refractivity contribution < 1.29 is 22.7 Å². The largest absolute Gasteiger partial charge is 0.573 e. The van der Waals surface area contributed by atoms with Gasteiger partial charge >= 0.3 is 6.36 Å². The zero-order valence-electron chi connectivity index (χ0n) is 8.48. The van der Waals surface area contributed by atoms with Crippen LogP contribution in [0.25, 0.3) is 0 Å². The van der Waals surface area contributed by atoms with E-state index in [0.29, 0.717) is 11.1 Å². The van der Waals surface area contributed by atoms with Gasteiger partial charge in [-0.25, -0.2) is 0 Å². The van der Waals surface area contributed by atoms with Crippen LogP contribution in [0.15, 0.2) is 16.6 Å². The normalized spacial score (nSPS) is 11.4. The van der Waals surface area contributed by atoms with E-state index >= 15 is 0 Å². The van der Waals surface area contributed by atoms with E-state index in [-0.39, 0.29) is 16.0 Å². The Morgan fingerprint density at radius 3 is 2.38 bits per heavy atom. The molecule has 0 amide bonds. The average molecular weight is 297 g/mol. The molecule has 0 unspecified atom stereocenters. The maximum Gasteiger partial charge on any atom is 0.573 e. The Balaban J connectivity index is 3.16. The summed E-state index contributed by atoms with van der Waals surface area (Å²) in [5.74, 6) is -0.563. The Labute approximate surface area is 98.5 Å². The van der Waals surface area contributed by atoms with Crippen LogP contribution in [0.1, 0.15) is 22.8 Å². The molecule has 0 saturated carbocycles. The molecular formula is C10H8BrF3O2. The summed E-state index contributed by atoms with van der Waals surface area (Å²) in [6.45, 7) is 2.89. The Morgan fingerprint density at radius 2 is 1.94 bits per heavy atom. The lowest BCUT2D eigenvalue weighted by atomic mass is 10.1. The summed E-state index contributed by atoms with van der Waals surface area (Å²) in [5.41, 5.74) is 0.802. The quantitative estimate of drug-likeness (QED) is 0.775. The molecule has 2 nitrogen and oxygen atoms in total. The van der Waals surface area contributed by atoms with Gasteiger partial charge in [-0.2, -0.15) is 0 Å². The summed E-state index contributed by atoms with van der Waals surface area (Å²) in [5, 5.41) is 0. The van der Waals surface area contributed by atoms with E-state index in [1.807, 2.05) is 0 Å². The number of rotatable bonds is 2. The fraction of sp³-hybridized carbons (Fsp3) is 0.300. The third kappa shape index (κ3) is 3.23. The highest BCUT2D eigenvalue weighted by Crippen LogP contribution is 2.32. The predicted octanol–water partition coefficient (Wildman–Crippen LogP) is 3.86. The number of hydrogen-bond acceptors (Lipinski definition) is 2. The Bertz CT molecular complexity index is 427. The molecular weight excluding hydrogens is 289 g/mol. The van der Waals surface area contributed by atoms with Gasteiger partial charge < -0.3 is 4.74 Å². The third-order valence-electron chi connectivity index (χ3n) is 1.88. The lowest BCUT2D eigenvalue weighted by Crippen LogP contribution is -2.17. The minimum Gasteiger partial charge on any atom is -0.405 e. The minimum atomic E-state index is -4.74. The first kappa shape index (κ1) is 13.0. The number of carbonyl (C=O) groups excluding carboxylic acids is 1. The van der Waals surface area contributed by atoms with Crippen molar-refractivity contribution in [2.45, 2.75) is 20.2 Å². The molecule has 1 rings (SSSR count). The number of benzene rings is 1. The van der Waals surface area contributed by atoms with Crippen molar-refractivity contribution in [2.24, 2.45) is 0 Å². The fourth-order valence-electron chi connectivity index (χ4n) is 1.24. The van der Waals surface area contributed by atoms with Gasteiger partial charge in [-0.1, -0.05) is 0 Å². The van der Waals surface area contributed by atoms with Gasteiger partial charge in [0.2, 0.25) is 0 Å². The number of aryl methyl sites for hydroxylation is 1. The molecule has 0 saturated heterocycles. The summed E-state index contributed by atoms with van der Waals surface area (Å²) in [4.78, 5) is 11.1. The first-order valence-electron chi connectivity index (χ1n) is 4.27. The van der Waals surface area contributed by atoms with Crippen molar-refractivity contribution in [3.05, 3.63) is 27.7 Å². The molecule has 0 aromatic heterocycles. The number of ether oxygens (including phenoxy) is 1. The zero-order valence-corrected chi connectivity index (χ0v) is 10.1. The van der Waals surface area contributed by atoms with Gasteiger partial charge in [-0.3, -0.25) is 4.79 Å². The lowest BCUT2D eigenvalue weighted by molar-refractivity contribution is -0.274. The average Bonchev–Trinajstić information content (AvgIpc) is 2.07. The van der Waals surface area contributed by atoms with E-state index in [9.17, 15) is 18.0 Å². The molecule has 0 aliphatic rings. The number of ketones is 1. The molecule has 88 valence electrons. The molecule has 0 heterocycles. The predicted molar refractivity (Wildman–Crippen MR) is 55.6 cm³/mol. The van der Waals surface area contributed by atoms with Crippen LogP contribution in [-0.2, 0) is 0 Å². The summed E-state index contributed by atoms with van der Waals surface area (Å²) in [7, 11) is 0.